The Morgan fingerprint density at radius 2 is 1.62 bits per heavy atom. The maximum atomic E-state index is 2.27. The Morgan fingerprint density at radius 3 is 1.62 bits per heavy atom. The first-order valence-corrected chi connectivity index (χ1v) is 4.14. The van der Waals surface area contributed by atoms with Crippen LogP contribution in [0, 0.1) is 5.92 Å². The molecule has 0 radical (unpaired) electrons. The largest absolute Gasteiger partial charge is 1.00 e. The van der Waals surface area contributed by atoms with Crippen LogP contribution in [0.2, 0.25) is 4.55 Å². The Kier molecular flexibility index (Phi) is 12.3. The molecule has 46 valence electrons. The molecule has 2 heteroatoms. The molecule has 0 N–H and O–H groups in total. The number of halogens is 1. The van der Waals surface area contributed by atoms with Gasteiger partial charge in [0.15, 0.2) is 0 Å². The molecule has 0 nitrogen and oxygen atoms in total. The Bertz CT molecular complexity index is 30.0. The van der Waals surface area contributed by atoms with Gasteiger partial charge in [-0.2, -0.15) is 0 Å². The van der Waals surface area contributed by atoms with Crippen molar-refractivity contribution in [2.45, 2.75) is 31.2 Å². The fourth-order valence-electron chi connectivity index (χ4n) is 0.697. The zero-order chi connectivity index (χ0) is 5.70. The molecule has 0 spiro atoms. The van der Waals surface area contributed by atoms with Crippen molar-refractivity contribution in [2.24, 2.45) is 5.92 Å². The molecule has 0 aliphatic carbocycles. The van der Waals surface area contributed by atoms with Crippen molar-refractivity contribution in [2.75, 3.05) is 0 Å². The molecule has 0 rings (SSSR count). The van der Waals surface area contributed by atoms with E-state index in [2.05, 4.69) is 35.6 Å². The van der Waals surface area contributed by atoms with E-state index >= 15 is 0 Å². The third-order valence-corrected chi connectivity index (χ3v) is 2.38. The molecule has 0 unspecified atom stereocenters. The summed E-state index contributed by atoms with van der Waals surface area (Å²) in [7, 11) is 0. The normalized spacial score (nSPS) is 9.12. The molecule has 0 atom stereocenters. The summed E-state index contributed by atoms with van der Waals surface area (Å²) < 4.78 is 1.38. The van der Waals surface area contributed by atoms with Crippen molar-refractivity contribution in [3.63, 3.8) is 0 Å². The Hall–Kier alpha value is 1.25. The molecule has 0 aromatic rings. The number of hydrogen-bond donors (Lipinski definition) is 0. The van der Waals surface area contributed by atoms with E-state index in [1.807, 2.05) is 0 Å². The van der Waals surface area contributed by atoms with Crippen molar-refractivity contribution in [1.82, 2.24) is 0 Å². The van der Waals surface area contributed by atoms with Gasteiger partial charge in [-0.3, -0.25) is 0 Å². The van der Waals surface area contributed by atoms with E-state index in [-0.39, 0.29) is 17.0 Å². The predicted molar refractivity (Wildman–Crippen MR) is 34.6 cm³/mol. The van der Waals surface area contributed by atoms with Gasteiger partial charge < -0.3 is 17.0 Å². The van der Waals surface area contributed by atoms with Crippen LogP contribution >= 0.6 is 0 Å². The van der Waals surface area contributed by atoms with Gasteiger partial charge in [-0.15, -0.1) is 0 Å². The zero-order valence-electron chi connectivity index (χ0n) is 5.78. The third kappa shape index (κ3) is 5.38. The van der Waals surface area contributed by atoms with E-state index in [9.17, 15) is 0 Å². The molecular formula is C6H13BrMg. The van der Waals surface area contributed by atoms with Gasteiger partial charge in [-0.05, 0) is 0 Å². The second-order valence-electron chi connectivity index (χ2n) is 1.97. The van der Waals surface area contributed by atoms with Crippen LogP contribution in [0.15, 0.2) is 0 Å². The summed E-state index contributed by atoms with van der Waals surface area (Å²) in [5, 5.41) is 0. The van der Waals surface area contributed by atoms with E-state index in [0.717, 1.165) is 5.92 Å². The minimum atomic E-state index is 0. The van der Waals surface area contributed by atoms with Crippen molar-refractivity contribution in [1.29, 1.82) is 0 Å². The first-order valence-electron chi connectivity index (χ1n) is 3.14. The van der Waals surface area contributed by atoms with E-state index < -0.39 is 0 Å². The van der Waals surface area contributed by atoms with Gasteiger partial charge in [0.1, 0.15) is 0 Å². The second kappa shape index (κ2) is 8.25. The fraction of sp³-hybridized carbons (Fsp3) is 1.00. The van der Waals surface area contributed by atoms with Crippen molar-refractivity contribution in [3.05, 3.63) is 0 Å². The van der Waals surface area contributed by atoms with Crippen LogP contribution in [-0.4, -0.2) is 21.7 Å². The molecule has 0 heterocycles. The molecule has 0 saturated heterocycles. The van der Waals surface area contributed by atoms with Crippen LogP contribution in [0.1, 0.15) is 26.7 Å². The topological polar surface area (TPSA) is 0 Å². The van der Waals surface area contributed by atoms with Gasteiger partial charge >= 0.3 is 58.9 Å². The Labute approximate surface area is 75.6 Å². The summed E-state index contributed by atoms with van der Waals surface area (Å²) in [6.45, 7) is 4.53. The molecule has 0 aliphatic heterocycles. The summed E-state index contributed by atoms with van der Waals surface area (Å²) in [6.07, 6.45) is 2.72. The molecule has 0 bridgehead atoms. The summed E-state index contributed by atoms with van der Waals surface area (Å²) in [5.41, 5.74) is 0. The smallest absolute Gasteiger partial charge is 1.00 e. The summed E-state index contributed by atoms with van der Waals surface area (Å²) >= 11 is 2.09. The van der Waals surface area contributed by atoms with E-state index in [1.165, 1.54) is 17.4 Å². The molecule has 0 aromatic carbocycles. The quantitative estimate of drug-likeness (QED) is 0.500. The van der Waals surface area contributed by atoms with Crippen molar-refractivity contribution < 1.29 is 17.0 Å². The maximum Gasteiger partial charge on any atom is -1.00 e. The van der Waals surface area contributed by atoms with Crippen molar-refractivity contribution in [3.8, 4) is 0 Å². The minimum Gasteiger partial charge on any atom is -1.00 e. The van der Waals surface area contributed by atoms with Crippen LogP contribution in [0.4, 0.5) is 0 Å². The van der Waals surface area contributed by atoms with Crippen LogP contribution < -0.4 is 17.0 Å². The first kappa shape index (κ1) is 12.0. The fourth-order valence-corrected chi connectivity index (χ4v) is 1.51. The molecule has 0 aromatic heterocycles. The van der Waals surface area contributed by atoms with Crippen LogP contribution in [0.5, 0.6) is 0 Å². The maximum absolute atomic E-state index is 2.27. The SMILES string of the molecule is CCC(CC)[CH2][Mg+].[Br-]. The average molecular weight is 189 g/mol. The molecule has 0 amide bonds. The molecule has 0 fully saturated rings. The molecule has 0 saturated carbocycles. The number of rotatable bonds is 3. The number of hydrogen-bond acceptors (Lipinski definition) is 0. The molecular weight excluding hydrogens is 176 g/mol. The first-order chi connectivity index (χ1) is 3.35. The minimum absolute atomic E-state index is 0. The molecule has 8 heavy (non-hydrogen) atoms. The Balaban J connectivity index is 0. The van der Waals surface area contributed by atoms with Gasteiger partial charge in [0.25, 0.3) is 0 Å². The standard InChI is InChI=1S/C6H13.BrH.Mg/c1-4-6(3)5-2;;/h6H,3-5H2,1-2H3;1H;/q;;+1/p-1. The van der Waals surface area contributed by atoms with Crippen molar-refractivity contribution >= 4 is 21.7 Å². The summed E-state index contributed by atoms with van der Waals surface area (Å²) in [6, 6.07) is 0. The Morgan fingerprint density at radius 1 is 1.25 bits per heavy atom. The van der Waals surface area contributed by atoms with Crippen LogP contribution in [0.3, 0.4) is 0 Å². The van der Waals surface area contributed by atoms with E-state index in [4.69, 9.17) is 0 Å². The van der Waals surface area contributed by atoms with Gasteiger partial charge in [-0.25, -0.2) is 0 Å². The van der Waals surface area contributed by atoms with Gasteiger partial charge in [-0.1, -0.05) is 0 Å². The monoisotopic (exact) mass is 188 g/mol. The third-order valence-electron chi connectivity index (χ3n) is 1.56. The van der Waals surface area contributed by atoms with Crippen LogP contribution in [0.25, 0.3) is 0 Å². The summed E-state index contributed by atoms with van der Waals surface area (Å²) in [5.74, 6) is 0.998. The van der Waals surface area contributed by atoms with E-state index in [0.29, 0.717) is 0 Å². The van der Waals surface area contributed by atoms with Gasteiger partial charge in [0.2, 0.25) is 0 Å². The van der Waals surface area contributed by atoms with Gasteiger partial charge in [0, 0.05) is 0 Å². The average Bonchev–Trinajstić information content (AvgIpc) is 1.72. The van der Waals surface area contributed by atoms with E-state index in [1.54, 1.807) is 0 Å². The predicted octanol–water partition coefficient (Wildman–Crippen LogP) is -0.987. The summed E-state index contributed by atoms with van der Waals surface area (Å²) in [4.78, 5) is 0. The van der Waals surface area contributed by atoms with Gasteiger partial charge in [0.05, 0.1) is 0 Å². The zero-order valence-corrected chi connectivity index (χ0v) is 8.78. The molecule has 0 aliphatic rings. The second-order valence-corrected chi connectivity index (χ2v) is 2.55. The van der Waals surface area contributed by atoms with Crippen LogP contribution in [-0.2, 0) is 0 Å².